The number of β-lactam (4-membered cyclic amide) rings is 1. The second-order valence-corrected chi connectivity index (χ2v) is 14.5. The summed E-state index contributed by atoms with van der Waals surface area (Å²) >= 11 is 8.46. The van der Waals surface area contributed by atoms with Crippen molar-refractivity contribution in [2.75, 3.05) is 18.6 Å². The van der Waals surface area contributed by atoms with Crippen molar-refractivity contribution in [1.29, 1.82) is 0 Å². The van der Waals surface area contributed by atoms with Crippen molar-refractivity contribution in [3.8, 4) is 0 Å². The molecule has 274 valence electrons. The first kappa shape index (κ1) is 38.4. The number of aliphatic carboxylic acids is 1. The van der Waals surface area contributed by atoms with E-state index in [0.717, 1.165) is 16.9 Å². The minimum atomic E-state index is -4.86. The Morgan fingerprint density at radius 1 is 1.19 bits per heavy atom. The average molecular weight is 780 g/mol. The number of pyridine rings is 1. The minimum absolute atomic E-state index is 0.000235. The number of nitrogens with two attached hydrogens (primary N) is 1. The van der Waals surface area contributed by atoms with Crippen LogP contribution >= 0.6 is 34.7 Å². The average Bonchev–Trinajstić information content (AvgIpc) is 3.44. The lowest BCUT2D eigenvalue weighted by molar-refractivity contribution is -0.689. The smallest absolute Gasteiger partial charge is 0.449 e. The number of hydrogen-bond acceptors (Lipinski definition) is 11. The summed E-state index contributed by atoms with van der Waals surface area (Å²) in [6.45, 7) is 0.322. The highest BCUT2D eigenvalue weighted by atomic mass is 35.5. The van der Waals surface area contributed by atoms with Gasteiger partial charge in [-0.2, -0.15) is 13.2 Å². The van der Waals surface area contributed by atoms with Gasteiger partial charge in [0.05, 0.1) is 11.3 Å². The Hall–Kier alpha value is -4.81. The molecule has 2 aromatic heterocycles. The maximum Gasteiger partial charge on any atom is 0.449 e. The standard InChI is InChI=1S/C33H30ClF3N6O7S2/c1-50-41-24(25-27(34)52-32(38)40-25)22(44)13-21-29(47)43-26(31(48)49)20(16-51-30(21)43)15-42-10-8-18(9-11-42)14-39-28(46)19-6-2-4-17(12-19)5-3-7-23(45)33(35,36)37/h2,4,6,8-12,21,30H,3,5,7,13-16H2,1H3,(H3-,38,39,40,46,48,49)/p+1/b41-24+/t21-,30-/m1/s1. The number of nitrogens with zero attached hydrogens (tertiary/aromatic N) is 4. The van der Waals surface area contributed by atoms with Crippen LogP contribution in [-0.4, -0.2) is 74.5 Å². The number of carbonyl (C=O) groups excluding carboxylic acids is 4. The summed E-state index contributed by atoms with van der Waals surface area (Å²) in [5, 5.41) is 16.2. The number of halogens is 4. The molecule has 1 fully saturated rings. The van der Waals surface area contributed by atoms with Gasteiger partial charge in [-0.25, -0.2) is 14.3 Å². The van der Waals surface area contributed by atoms with Crippen molar-refractivity contribution in [2.45, 2.75) is 50.3 Å². The van der Waals surface area contributed by atoms with Crippen molar-refractivity contribution >= 4 is 74.9 Å². The Morgan fingerprint density at radius 2 is 1.92 bits per heavy atom. The van der Waals surface area contributed by atoms with Gasteiger partial charge >= 0.3 is 12.1 Å². The number of thiazole rings is 1. The van der Waals surface area contributed by atoms with Crippen molar-refractivity contribution in [3.05, 3.63) is 86.8 Å². The molecule has 2 atom stereocenters. The zero-order chi connectivity index (χ0) is 37.7. The third kappa shape index (κ3) is 8.79. The number of benzene rings is 1. The van der Waals surface area contributed by atoms with Crippen molar-refractivity contribution in [2.24, 2.45) is 11.1 Å². The molecule has 0 radical (unpaired) electrons. The van der Waals surface area contributed by atoms with E-state index < -0.39 is 53.2 Å². The number of aromatic nitrogens is 2. The highest BCUT2D eigenvalue weighted by Crippen LogP contribution is 2.45. The van der Waals surface area contributed by atoms with Gasteiger partial charge in [0.1, 0.15) is 22.8 Å². The van der Waals surface area contributed by atoms with Gasteiger partial charge in [0.15, 0.2) is 35.6 Å². The number of thioether (sulfide) groups is 1. The molecule has 4 heterocycles. The summed E-state index contributed by atoms with van der Waals surface area (Å²) in [6.07, 6.45) is -2.13. The van der Waals surface area contributed by atoms with Gasteiger partial charge in [-0.15, -0.1) is 11.8 Å². The summed E-state index contributed by atoms with van der Waals surface area (Å²) in [6, 6.07) is 9.91. The van der Waals surface area contributed by atoms with E-state index in [0.29, 0.717) is 16.7 Å². The number of aryl methyl sites for hydroxylation is 1. The molecule has 13 nitrogen and oxygen atoms in total. The van der Waals surface area contributed by atoms with Gasteiger partial charge in [0.2, 0.25) is 11.7 Å². The SMILES string of the molecule is CO/N=C(\C(=O)C[C@@H]1C(=O)N2C(C(=O)O)=C(C[n+]3ccc(CNC(=O)c4cccc(CCCC(=O)C(F)(F)F)c4)cc3)CS[C@H]12)c1nc(N)sc1Cl. The summed E-state index contributed by atoms with van der Waals surface area (Å²) in [4.78, 5) is 72.8. The van der Waals surface area contributed by atoms with Crippen molar-refractivity contribution in [1.82, 2.24) is 15.2 Å². The van der Waals surface area contributed by atoms with Crippen LogP contribution in [0.5, 0.6) is 0 Å². The molecule has 19 heteroatoms. The van der Waals surface area contributed by atoms with Gasteiger partial charge < -0.3 is 21.0 Å². The van der Waals surface area contributed by atoms with Gasteiger partial charge in [-0.3, -0.25) is 24.1 Å². The number of carboxylic acid groups (broad SMARTS) is 1. The number of carbonyl (C=O) groups is 5. The highest BCUT2D eigenvalue weighted by Gasteiger charge is 2.54. The molecule has 0 spiro atoms. The second-order valence-electron chi connectivity index (χ2n) is 11.7. The number of nitrogens with one attached hydrogen (secondary N) is 1. The molecule has 4 N–H and O–H groups in total. The number of anilines is 1. The Bertz CT molecular complexity index is 1970. The van der Waals surface area contributed by atoms with E-state index in [4.69, 9.17) is 22.2 Å². The Balaban J connectivity index is 1.17. The zero-order valence-corrected chi connectivity index (χ0v) is 29.7. The lowest BCUT2D eigenvalue weighted by Crippen LogP contribution is -2.62. The first-order chi connectivity index (χ1) is 24.7. The topological polar surface area (TPSA) is 185 Å². The number of fused-ring (bicyclic) bond motifs is 1. The molecule has 0 saturated carbocycles. The number of nitrogen functional groups attached to an aromatic ring is 1. The molecule has 0 unspecified atom stereocenters. The fourth-order valence-electron chi connectivity index (χ4n) is 5.70. The summed E-state index contributed by atoms with van der Waals surface area (Å²) in [5.74, 6) is -5.04. The molecule has 2 amide bonds. The van der Waals surface area contributed by atoms with Crippen LogP contribution < -0.4 is 15.6 Å². The molecule has 0 aliphatic carbocycles. The largest absolute Gasteiger partial charge is 0.477 e. The Kier molecular flexibility index (Phi) is 12.0. The van der Waals surface area contributed by atoms with Crippen LogP contribution in [0, 0.1) is 5.92 Å². The van der Waals surface area contributed by atoms with E-state index >= 15 is 0 Å². The number of carboxylic acids is 1. The van der Waals surface area contributed by atoms with Crippen LogP contribution in [0.15, 0.2) is 65.2 Å². The molecule has 1 saturated heterocycles. The Morgan fingerprint density at radius 3 is 2.56 bits per heavy atom. The van der Waals surface area contributed by atoms with E-state index in [1.807, 2.05) is 0 Å². The maximum absolute atomic E-state index is 13.3. The summed E-state index contributed by atoms with van der Waals surface area (Å²) in [5.41, 5.74) is 7.58. The van der Waals surface area contributed by atoms with Crippen molar-refractivity contribution < 1.29 is 51.7 Å². The molecule has 0 bridgehead atoms. The zero-order valence-electron chi connectivity index (χ0n) is 27.3. The van der Waals surface area contributed by atoms with Gasteiger partial charge in [-0.1, -0.05) is 40.2 Å². The first-order valence-corrected chi connectivity index (χ1v) is 17.8. The quantitative estimate of drug-likeness (QED) is 0.0884. The molecular weight excluding hydrogens is 749 g/mol. The van der Waals surface area contributed by atoms with Crippen molar-refractivity contribution in [3.63, 3.8) is 0 Å². The third-order valence-electron chi connectivity index (χ3n) is 8.20. The van der Waals surface area contributed by atoms with Crippen LogP contribution in [0.1, 0.15) is 46.4 Å². The molecule has 1 aromatic carbocycles. The fourth-order valence-corrected chi connectivity index (χ4v) is 8.03. The van der Waals surface area contributed by atoms with Crippen LogP contribution in [0.4, 0.5) is 18.3 Å². The third-order valence-corrected chi connectivity index (χ3v) is 10.7. The van der Waals surface area contributed by atoms with E-state index in [2.05, 4.69) is 15.5 Å². The molecule has 2 aliphatic heterocycles. The lowest BCUT2D eigenvalue weighted by Gasteiger charge is -2.49. The molecule has 3 aromatic rings. The molecule has 2 aliphatic rings. The number of amides is 2. The van der Waals surface area contributed by atoms with Crippen LogP contribution in [0.25, 0.3) is 0 Å². The van der Waals surface area contributed by atoms with Crippen LogP contribution in [-0.2, 0) is 43.5 Å². The van der Waals surface area contributed by atoms with Gasteiger partial charge in [0, 0.05) is 48.4 Å². The summed E-state index contributed by atoms with van der Waals surface area (Å²) in [7, 11) is 1.24. The Labute approximate surface area is 307 Å². The number of oxime groups is 1. The monoisotopic (exact) mass is 779 g/mol. The molecule has 52 heavy (non-hydrogen) atoms. The fraction of sp³-hybridized carbons (Fsp3) is 0.333. The van der Waals surface area contributed by atoms with E-state index in [1.54, 1.807) is 53.4 Å². The first-order valence-electron chi connectivity index (χ1n) is 15.6. The number of rotatable bonds is 15. The van der Waals surface area contributed by atoms with E-state index in [1.165, 1.54) is 23.8 Å². The number of alkyl halides is 3. The molecule has 5 rings (SSSR count). The lowest BCUT2D eigenvalue weighted by atomic mass is 9.89. The van der Waals surface area contributed by atoms with E-state index in [9.17, 15) is 42.3 Å². The number of hydrogen-bond donors (Lipinski definition) is 3. The number of ketones is 2. The number of Topliss-reactive ketones (excluding diaryl/α,β-unsaturated/α-hetero) is 2. The second kappa shape index (κ2) is 16.2. The maximum atomic E-state index is 13.3. The summed E-state index contributed by atoms with van der Waals surface area (Å²) < 4.78 is 39.2. The highest BCUT2D eigenvalue weighted by molar-refractivity contribution is 8.00. The normalized spacial score (nSPS) is 17.4. The van der Waals surface area contributed by atoms with Gasteiger partial charge in [-0.05, 0) is 36.1 Å². The van der Waals surface area contributed by atoms with Crippen LogP contribution in [0.2, 0.25) is 4.34 Å². The predicted molar refractivity (Wildman–Crippen MR) is 184 cm³/mol. The van der Waals surface area contributed by atoms with Crippen LogP contribution in [0.3, 0.4) is 0 Å². The van der Waals surface area contributed by atoms with E-state index in [-0.39, 0.29) is 64.7 Å². The molecular formula is C33H31ClF3N6O7S2+. The van der Waals surface area contributed by atoms with Gasteiger partial charge in [0.25, 0.3) is 5.91 Å². The minimum Gasteiger partial charge on any atom is -0.477 e. The predicted octanol–water partition coefficient (Wildman–Crippen LogP) is 3.93.